The van der Waals surface area contributed by atoms with Crippen molar-refractivity contribution in [3.8, 4) is 0 Å². The van der Waals surface area contributed by atoms with Crippen molar-refractivity contribution in [2.24, 2.45) is 5.92 Å². The van der Waals surface area contributed by atoms with Crippen LogP contribution in [-0.4, -0.2) is 51.8 Å². The lowest BCUT2D eigenvalue weighted by Gasteiger charge is -2.29. The van der Waals surface area contributed by atoms with Crippen LogP contribution in [-0.2, 0) is 17.8 Å². The number of nitrogens with zero attached hydrogens (tertiary/aromatic N) is 5. The Morgan fingerprint density at radius 3 is 2.80 bits per heavy atom. The van der Waals surface area contributed by atoms with Gasteiger partial charge in [-0.2, -0.15) is 0 Å². The molecule has 8 heteroatoms. The number of benzene rings is 1. The van der Waals surface area contributed by atoms with Gasteiger partial charge in [-0.3, -0.25) is 10.2 Å². The summed E-state index contributed by atoms with van der Waals surface area (Å²) in [6, 6.07) is 9.75. The molecule has 2 fully saturated rings. The Kier molecular flexibility index (Phi) is 4.12. The molecule has 6 rings (SSSR count). The summed E-state index contributed by atoms with van der Waals surface area (Å²) in [5.74, 6) is 1.37. The van der Waals surface area contributed by atoms with Crippen LogP contribution in [0.15, 0.2) is 36.7 Å². The highest BCUT2D eigenvalue weighted by Crippen LogP contribution is 2.34. The molecule has 2 aromatic heterocycles. The van der Waals surface area contributed by atoms with Crippen molar-refractivity contribution >= 4 is 28.6 Å². The molecule has 1 aromatic carbocycles. The third-order valence-electron chi connectivity index (χ3n) is 6.13. The van der Waals surface area contributed by atoms with E-state index >= 15 is 0 Å². The highest BCUT2D eigenvalue weighted by Gasteiger charge is 2.29. The van der Waals surface area contributed by atoms with Crippen molar-refractivity contribution in [2.75, 3.05) is 36.6 Å². The minimum Gasteiger partial charge on any atom is -0.378 e. The van der Waals surface area contributed by atoms with E-state index in [1.807, 2.05) is 36.7 Å². The Morgan fingerprint density at radius 1 is 1.17 bits per heavy atom. The molecule has 3 aliphatic rings. The molecule has 1 aliphatic carbocycles. The fraction of sp³-hybridized carbons (Fsp3) is 0.409. The molecule has 0 radical (unpaired) electrons. The fourth-order valence-electron chi connectivity index (χ4n) is 4.32. The average Bonchev–Trinajstić information content (AvgIpc) is 3.44. The maximum absolute atomic E-state index is 12.8. The molecule has 1 saturated carbocycles. The summed E-state index contributed by atoms with van der Waals surface area (Å²) in [5.41, 5.74) is 7.88. The molecule has 4 heterocycles. The summed E-state index contributed by atoms with van der Waals surface area (Å²) in [6.07, 6.45) is 4.45. The standard InChI is InChI=1S/C22H24N6O2/c29-22-17-4-2-1-3-16(17)13-28(22)25-19-11-18(26-7-9-30-10-8-26)20-21(24-19)27(14-23-20)12-15-5-6-15/h1-4,11,14-15H,5-10,12-13H2,(H,24,25). The highest BCUT2D eigenvalue weighted by molar-refractivity contribution is 5.99. The summed E-state index contributed by atoms with van der Waals surface area (Å²) in [7, 11) is 0. The number of ether oxygens (including phenoxy) is 1. The zero-order valence-corrected chi connectivity index (χ0v) is 16.8. The first-order valence-corrected chi connectivity index (χ1v) is 10.6. The Labute approximate surface area is 174 Å². The van der Waals surface area contributed by atoms with Gasteiger partial charge in [0.05, 0.1) is 31.8 Å². The SMILES string of the molecule is O=C1c2ccccc2CN1Nc1cc(N2CCOCC2)c2ncn(CC3CC3)c2n1. The largest absolute Gasteiger partial charge is 0.378 e. The zero-order valence-electron chi connectivity index (χ0n) is 16.8. The number of carbonyl (C=O) groups excluding carboxylic acids is 1. The minimum absolute atomic E-state index is 0.0214. The molecule has 1 amide bonds. The number of nitrogens with one attached hydrogen (secondary N) is 1. The number of morpholine rings is 1. The van der Waals surface area contributed by atoms with Crippen molar-refractivity contribution in [3.63, 3.8) is 0 Å². The lowest BCUT2D eigenvalue weighted by Crippen LogP contribution is -2.36. The van der Waals surface area contributed by atoms with E-state index < -0.39 is 0 Å². The molecular formula is C22H24N6O2. The second kappa shape index (κ2) is 6.98. The van der Waals surface area contributed by atoms with Gasteiger partial charge in [-0.1, -0.05) is 18.2 Å². The topological polar surface area (TPSA) is 75.5 Å². The second-order valence-corrected chi connectivity index (χ2v) is 8.30. The minimum atomic E-state index is -0.0214. The third kappa shape index (κ3) is 3.08. The van der Waals surface area contributed by atoms with Crippen molar-refractivity contribution in [1.29, 1.82) is 0 Å². The second-order valence-electron chi connectivity index (χ2n) is 8.30. The molecule has 30 heavy (non-hydrogen) atoms. The molecular weight excluding hydrogens is 380 g/mol. The van der Waals surface area contributed by atoms with Gasteiger partial charge in [0.15, 0.2) is 5.65 Å². The molecule has 1 N–H and O–H groups in total. The number of aromatic nitrogens is 3. The quantitative estimate of drug-likeness (QED) is 0.705. The lowest BCUT2D eigenvalue weighted by atomic mass is 10.1. The van der Waals surface area contributed by atoms with Crippen LogP contribution < -0.4 is 10.3 Å². The molecule has 8 nitrogen and oxygen atoms in total. The van der Waals surface area contributed by atoms with Crippen LogP contribution in [0.25, 0.3) is 11.2 Å². The van der Waals surface area contributed by atoms with E-state index in [0.717, 1.165) is 53.5 Å². The van der Waals surface area contributed by atoms with Gasteiger partial charge in [0.1, 0.15) is 11.3 Å². The number of hydrogen-bond acceptors (Lipinski definition) is 6. The number of fused-ring (bicyclic) bond motifs is 2. The predicted molar refractivity (Wildman–Crippen MR) is 113 cm³/mol. The van der Waals surface area contributed by atoms with Crippen LogP contribution >= 0.6 is 0 Å². The average molecular weight is 404 g/mol. The fourth-order valence-corrected chi connectivity index (χ4v) is 4.32. The van der Waals surface area contributed by atoms with Gasteiger partial charge in [-0.25, -0.2) is 15.0 Å². The molecule has 154 valence electrons. The lowest BCUT2D eigenvalue weighted by molar-refractivity contribution is 0.0814. The maximum atomic E-state index is 12.8. The summed E-state index contributed by atoms with van der Waals surface area (Å²) in [6.45, 7) is 4.53. The van der Waals surface area contributed by atoms with Crippen LogP contribution in [0.5, 0.6) is 0 Å². The molecule has 0 spiro atoms. The van der Waals surface area contributed by atoms with E-state index in [-0.39, 0.29) is 5.91 Å². The number of amides is 1. The zero-order chi connectivity index (χ0) is 20.1. The Hall–Kier alpha value is -3.13. The molecule has 3 aromatic rings. The summed E-state index contributed by atoms with van der Waals surface area (Å²) >= 11 is 0. The van der Waals surface area contributed by atoms with Gasteiger partial charge < -0.3 is 14.2 Å². The van der Waals surface area contributed by atoms with E-state index in [1.165, 1.54) is 12.8 Å². The van der Waals surface area contributed by atoms with Gasteiger partial charge in [0, 0.05) is 31.3 Å². The van der Waals surface area contributed by atoms with Crippen molar-refractivity contribution in [2.45, 2.75) is 25.9 Å². The number of carbonyl (C=O) groups is 1. The summed E-state index contributed by atoms with van der Waals surface area (Å²) < 4.78 is 7.69. The monoisotopic (exact) mass is 404 g/mol. The molecule has 0 atom stereocenters. The summed E-state index contributed by atoms with van der Waals surface area (Å²) in [4.78, 5) is 24.7. The number of imidazole rings is 1. The van der Waals surface area contributed by atoms with Crippen LogP contribution in [0.2, 0.25) is 0 Å². The van der Waals surface area contributed by atoms with Crippen LogP contribution in [0, 0.1) is 5.92 Å². The van der Waals surface area contributed by atoms with Gasteiger partial charge in [-0.05, 0) is 30.4 Å². The van der Waals surface area contributed by atoms with Crippen LogP contribution in [0.3, 0.4) is 0 Å². The van der Waals surface area contributed by atoms with Crippen molar-refractivity contribution < 1.29 is 9.53 Å². The van der Waals surface area contributed by atoms with Gasteiger partial charge >= 0.3 is 0 Å². The molecule has 2 aliphatic heterocycles. The molecule has 0 bridgehead atoms. The summed E-state index contributed by atoms with van der Waals surface area (Å²) in [5, 5.41) is 1.64. The Morgan fingerprint density at radius 2 is 2.00 bits per heavy atom. The number of pyridine rings is 1. The highest BCUT2D eigenvalue weighted by atomic mass is 16.5. The van der Waals surface area contributed by atoms with Crippen molar-refractivity contribution in [3.05, 3.63) is 47.8 Å². The Bertz CT molecular complexity index is 1120. The van der Waals surface area contributed by atoms with E-state index in [4.69, 9.17) is 14.7 Å². The van der Waals surface area contributed by atoms with E-state index in [2.05, 4.69) is 14.9 Å². The van der Waals surface area contributed by atoms with E-state index in [9.17, 15) is 4.79 Å². The number of rotatable bonds is 5. The maximum Gasteiger partial charge on any atom is 0.272 e. The van der Waals surface area contributed by atoms with Crippen LogP contribution in [0.1, 0.15) is 28.8 Å². The normalized spacial score (nSPS) is 18.9. The number of anilines is 2. The first-order valence-electron chi connectivity index (χ1n) is 10.6. The molecule has 1 saturated heterocycles. The predicted octanol–water partition coefficient (Wildman–Crippen LogP) is 2.66. The first kappa shape index (κ1) is 17.7. The van der Waals surface area contributed by atoms with E-state index in [0.29, 0.717) is 25.6 Å². The van der Waals surface area contributed by atoms with Gasteiger partial charge in [-0.15, -0.1) is 0 Å². The van der Waals surface area contributed by atoms with Crippen LogP contribution in [0.4, 0.5) is 11.5 Å². The van der Waals surface area contributed by atoms with Gasteiger partial charge in [0.2, 0.25) is 0 Å². The third-order valence-corrected chi connectivity index (χ3v) is 6.13. The van der Waals surface area contributed by atoms with Crippen molar-refractivity contribution in [1.82, 2.24) is 19.5 Å². The van der Waals surface area contributed by atoms with E-state index in [1.54, 1.807) is 5.01 Å². The molecule has 0 unspecified atom stereocenters. The Balaban J connectivity index is 1.37. The number of hydrogen-bond donors (Lipinski definition) is 1. The smallest absolute Gasteiger partial charge is 0.272 e. The number of hydrazine groups is 1. The van der Waals surface area contributed by atoms with Gasteiger partial charge in [0.25, 0.3) is 5.91 Å². The first-order chi connectivity index (χ1) is 14.8.